The van der Waals surface area contributed by atoms with E-state index >= 15 is 0 Å². The first kappa shape index (κ1) is 10.2. The lowest BCUT2D eigenvalue weighted by Crippen LogP contribution is -2.49. The molecule has 0 aromatic heterocycles. The van der Waals surface area contributed by atoms with Crippen LogP contribution in [-0.4, -0.2) is 40.4 Å². The average Bonchev–Trinajstić information content (AvgIpc) is 2.04. The van der Waals surface area contributed by atoms with Gasteiger partial charge in [0.1, 0.15) is 5.60 Å². The highest BCUT2D eigenvalue weighted by Crippen LogP contribution is 2.22. The lowest BCUT2D eigenvalue weighted by atomic mass is 9.88. The number of ketones is 1. The molecule has 1 rings (SSSR count). The average molecular weight is 185 g/mol. The summed E-state index contributed by atoms with van der Waals surface area (Å²) in [4.78, 5) is 23.6. The van der Waals surface area contributed by atoms with Crippen molar-refractivity contribution in [3.05, 3.63) is 0 Å². The van der Waals surface area contributed by atoms with Crippen molar-refractivity contribution in [3.8, 4) is 0 Å². The second kappa shape index (κ2) is 3.46. The molecule has 1 heterocycles. The third-order valence-corrected chi connectivity index (χ3v) is 2.69. The summed E-state index contributed by atoms with van der Waals surface area (Å²) < 4.78 is 0. The van der Waals surface area contributed by atoms with E-state index in [2.05, 4.69) is 0 Å². The van der Waals surface area contributed by atoms with Gasteiger partial charge in [0.05, 0.1) is 0 Å². The molecule has 13 heavy (non-hydrogen) atoms. The van der Waals surface area contributed by atoms with Crippen molar-refractivity contribution in [1.82, 2.24) is 4.90 Å². The predicted molar refractivity (Wildman–Crippen MR) is 47.1 cm³/mol. The van der Waals surface area contributed by atoms with Crippen molar-refractivity contribution in [2.75, 3.05) is 13.1 Å². The van der Waals surface area contributed by atoms with Crippen LogP contribution in [0.4, 0.5) is 0 Å². The number of carbonyl (C=O) groups excluding carboxylic acids is 2. The van der Waals surface area contributed by atoms with Gasteiger partial charge in [0.2, 0.25) is 5.91 Å². The standard InChI is InChI=1S/C9H15NO3/c1-7(11)9(13)3-5-10(6-4-9)8(2)12/h13H,3-6H2,1-2H3. The number of hydrogen-bond acceptors (Lipinski definition) is 3. The minimum atomic E-state index is -1.19. The van der Waals surface area contributed by atoms with Crippen molar-refractivity contribution in [1.29, 1.82) is 0 Å². The highest BCUT2D eigenvalue weighted by molar-refractivity contribution is 5.85. The SMILES string of the molecule is CC(=O)N1CCC(O)(C(C)=O)CC1. The van der Waals surface area contributed by atoms with E-state index in [9.17, 15) is 14.7 Å². The molecule has 0 saturated carbocycles. The van der Waals surface area contributed by atoms with Crippen molar-refractivity contribution in [2.45, 2.75) is 32.3 Å². The molecule has 4 heteroatoms. The molecule has 0 radical (unpaired) electrons. The van der Waals surface area contributed by atoms with Gasteiger partial charge < -0.3 is 10.0 Å². The van der Waals surface area contributed by atoms with Crippen LogP contribution < -0.4 is 0 Å². The third kappa shape index (κ3) is 2.06. The molecular weight excluding hydrogens is 170 g/mol. The molecule has 1 saturated heterocycles. The molecule has 0 atom stereocenters. The summed E-state index contributed by atoms with van der Waals surface area (Å²) in [7, 11) is 0. The summed E-state index contributed by atoms with van der Waals surface area (Å²) in [5.41, 5.74) is -1.19. The topological polar surface area (TPSA) is 57.6 Å². The van der Waals surface area contributed by atoms with E-state index in [1.54, 1.807) is 4.90 Å². The van der Waals surface area contributed by atoms with Crippen LogP contribution in [0.5, 0.6) is 0 Å². The normalized spacial score (nSPS) is 21.3. The molecule has 1 aliphatic rings. The van der Waals surface area contributed by atoms with Gasteiger partial charge in [0, 0.05) is 32.9 Å². The Balaban J connectivity index is 2.56. The number of rotatable bonds is 1. The van der Waals surface area contributed by atoms with Crippen LogP contribution >= 0.6 is 0 Å². The molecule has 1 fully saturated rings. The van der Waals surface area contributed by atoms with Crippen molar-refractivity contribution < 1.29 is 14.7 Å². The van der Waals surface area contributed by atoms with Crippen LogP contribution in [0.3, 0.4) is 0 Å². The number of piperidine rings is 1. The van der Waals surface area contributed by atoms with Gasteiger partial charge in [-0.3, -0.25) is 9.59 Å². The largest absolute Gasteiger partial charge is 0.382 e. The second-order valence-corrected chi connectivity index (χ2v) is 3.59. The summed E-state index contributed by atoms with van der Waals surface area (Å²) in [6.07, 6.45) is 0.726. The van der Waals surface area contributed by atoms with Gasteiger partial charge in [0.15, 0.2) is 5.78 Å². The number of amides is 1. The molecule has 74 valence electrons. The first-order valence-corrected chi connectivity index (χ1v) is 4.45. The van der Waals surface area contributed by atoms with E-state index in [0.717, 1.165) is 0 Å². The highest BCUT2D eigenvalue weighted by atomic mass is 16.3. The van der Waals surface area contributed by atoms with Gasteiger partial charge >= 0.3 is 0 Å². The quantitative estimate of drug-likeness (QED) is 0.623. The van der Waals surface area contributed by atoms with E-state index in [1.807, 2.05) is 0 Å². The first-order valence-electron chi connectivity index (χ1n) is 4.45. The zero-order valence-electron chi connectivity index (χ0n) is 8.04. The van der Waals surface area contributed by atoms with E-state index < -0.39 is 5.60 Å². The number of nitrogens with zero attached hydrogens (tertiary/aromatic N) is 1. The van der Waals surface area contributed by atoms with Crippen LogP contribution in [0.25, 0.3) is 0 Å². The maximum Gasteiger partial charge on any atom is 0.219 e. The van der Waals surface area contributed by atoms with Gasteiger partial charge in [-0.15, -0.1) is 0 Å². The van der Waals surface area contributed by atoms with Gasteiger partial charge in [-0.2, -0.15) is 0 Å². The van der Waals surface area contributed by atoms with Crippen LogP contribution in [0.2, 0.25) is 0 Å². The van der Waals surface area contributed by atoms with Crippen LogP contribution in [0, 0.1) is 0 Å². The lowest BCUT2D eigenvalue weighted by Gasteiger charge is -2.35. The zero-order chi connectivity index (χ0) is 10.1. The number of likely N-dealkylation sites (tertiary alicyclic amines) is 1. The molecule has 1 N–H and O–H groups in total. The molecule has 0 bridgehead atoms. The minimum Gasteiger partial charge on any atom is -0.382 e. The summed E-state index contributed by atoms with van der Waals surface area (Å²) in [5.74, 6) is -0.193. The molecule has 0 aromatic carbocycles. The Bertz CT molecular complexity index is 229. The fourth-order valence-corrected chi connectivity index (χ4v) is 1.54. The van der Waals surface area contributed by atoms with Gasteiger partial charge in [-0.05, 0) is 6.92 Å². The Morgan fingerprint density at radius 2 is 1.69 bits per heavy atom. The van der Waals surface area contributed by atoms with E-state index in [4.69, 9.17) is 0 Å². The fraction of sp³-hybridized carbons (Fsp3) is 0.778. The van der Waals surface area contributed by atoms with Crippen molar-refractivity contribution in [3.63, 3.8) is 0 Å². The maximum atomic E-state index is 11.0. The minimum absolute atomic E-state index is 0.00519. The molecule has 0 aliphatic carbocycles. The molecular formula is C9H15NO3. The monoisotopic (exact) mass is 185 g/mol. The Morgan fingerprint density at radius 3 is 2.00 bits per heavy atom. The van der Waals surface area contributed by atoms with Crippen LogP contribution in [0.1, 0.15) is 26.7 Å². The lowest BCUT2D eigenvalue weighted by molar-refractivity contribution is -0.145. The van der Waals surface area contributed by atoms with E-state index in [1.165, 1.54) is 13.8 Å². The van der Waals surface area contributed by atoms with Gasteiger partial charge in [-0.1, -0.05) is 0 Å². The third-order valence-electron chi connectivity index (χ3n) is 2.69. The Kier molecular flexibility index (Phi) is 2.71. The first-order chi connectivity index (χ1) is 5.96. The summed E-state index contributed by atoms with van der Waals surface area (Å²) >= 11 is 0. The zero-order valence-corrected chi connectivity index (χ0v) is 8.04. The summed E-state index contributed by atoms with van der Waals surface area (Å²) in [6, 6.07) is 0. The predicted octanol–water partition coefficient (Wildman–Crippen LogP) is -0.0512. The number of aliphatic hydroxyl groups is 1. The Labute approximate surface area is 77.5 Å². The molecule has 4 nitrogen and oxygen atoms in total. The van der Waals surface area contributed by atoms with E-state index in [-0.39, 0.29) is 11.7 Å². The maximum absolute atomic E-state index is 11.0. The molecule has 0 aromatic rings. The number of Topliss-reactive ketones (excluding diaryl/α,β-unsaturated/α-hetero) is 1. The molecule has 0 unspecified atom stereocenters. The number of hydrogen-bond donors (Lipinski definition) is 1. The van der Waals surface area contributed by atoms with Crippen LogP contribution in [-0.2, 0) is 9.59 Å². The molecule has 1 amide bonds. The summed E-state index contributed by atoms with van der Waals surface area (Å²) in [6.45, 7) is 3.85. The Hall–Kier alpha value is -0.900. The molecule has 1 aliphatic heterocycles. The van der Waals surface area contributed by atoms with Crippen molar-refractivity contribution in [2.24, 2.45) is 0 Å². The van der Waals surface area contributed by atoms with Crippen LogP contribution in [0.15, 0.2) is 0 Å². The summed E-state index contributed by atoms with van der Waals surface area (Å²) in [5, 5.41) is 9.76. The van der Waals surface area contributed by atoms with Gasteiger partial charge in [0.25, 0.3) is 0 Å². The highest BCUT2D eigenvalue weighted by Gasteiger charge is 2.36. The van der Waals surface area contributed by atoms with Gasteiger partial charge in [-0.25, -0.2) is 0 Å². The molecule has 0 spiro atoms. The number of carbonyl (C=O) groups is 2. The fourth-order valence-electron chi connectivity index (χ4n) is 1.54. The second-order valence-electron chi connectivity index (χ2n) is 3.59. The van der Waals surface area contributed by atoms with Crippen molar-refractivity contribution >= 4 is 11.7 Å². The Morgan fingerprint density at radius 1 is 1.23 bits per heavy atom. The van der Waals surface area contributed by atoms with E-state index in [0.29, 0.717) is 25.9 Å². The smallest absolute Gasteiger partial charge is 0.219 e.